The first-order valence-electron chi connectivity index (χ1n) is 16.2. The summed E-state index contributed by atoms with van der Waals surface area (Å²) in [6, 6.07) is 17.5. The summed E-state index contributed by atoms with van der Waals surface area (Å²) in [5, 5.41) is 0. The fourth-order valence-corrected chi connectivity index (χ4v) is 5.85. The van der Waals surface area contributed by atoms with E-state index in [9.17, 15) is 0 Å². The molecule has 3 rings (SSSR count). The van der Waals surface area contributed by atoms with Crippen LogP contribution in [0.25, 0.3) is 22.3 Å². The van der Waals surface area contributed by atoms with Crippen LogP contribution >= 0.6 is 6.88 Å². The molecule has 0 spiro atoms. The van der Waals surface area contributed by atoms with Crippen molar-refractivity contribution in [2.45, 2.75) is 138 Å². The number of rotatable bonds is 9. The van der Waals surface area contributed by atoms with Gasteiger partial charge in [-0.25, -0.2) is 0 Å². The average Bonchev–Trinajstić information content (AvgIpc) is 2.91. The molecule has 0 saturated carbocycles. The second kappa shape index (κ2) is 15.5. The van der Waals surface area contributed by atoms with Crippen LogP contribution in [0.2, 0.25) is 0 Å². The fraction of sp³-hybridized carbons (Fsp3) is 0.538. The molecule has 0 heterocycles. The van der Waals surface area contributed by atoms with E-state index in [1.165, 1.54) is 61.2 Å². The molecule has 0 aromatic heterocycles. The molecule has 2 heteroatoms. The van der Waals surface area contributed by atoms with Gasteiger partial charge >= 0.3 is 29.3 Å². The molecule has 3 aromatic rings. The molecule has 0 nitrogen and oxygen atoms in total. The predicted molar refractivity (Wildman–Crippen MR) is 187 cm³/mol. The number of hydrogen-bond acceptors (Lipinski definition) is 0. The second-order valence-corrected chi connectivity index (χ2v) is 14.1. The van der Waals surface area contributed by atoms with Crippen molar-refractivity contribution in [1.29, 1.82) is 0.594 Å². The van der Waals surface area contributed by atoms with E-state index in [-0.39, 0.29) is 21.8 Å². The van der Waals surface area contributed by atoms with Gasteiger partial charge in [0.1, 0.15) is 0 Å². The summed E-state index contributed by atoms with van der Waals surface area (Å²) in [5.41, 5.74) is 16.0. The molecule has 0 bridgehead atoms. The first kappa shape index (κ1) is 34.3. The van der Waals surface area contributed by atoms with Gasteiger partial charge in [-0.3, -0.25) is 0 Å². The predicted octanol–water partition coefficient (Wildman–Crippen LogP) is 9.95. The third-order valence-corrected chi connectivity index (χ3v) is 8.46. The summed E-state index contributed by atoms with van der Waals surface area (Å²) < 4.78 is 6.28. The number of halogens is 1. The first-order chi connectivity index (χ1) is 19.5. The monoisotopic (exact) mass is 687 g/mol. The SMILES string of the molecule is CC(C)c1cc(-c2c(C(C)C)cc(C(C)C)cc2C(C)C)cc(-c2c(C(C)C)cc(C(C)C)cc2C(C)C)c1.[3H][I-]P. The number of benzene rings is 3. The summed E-state index contributed by atoms with van der Waals surface area (Å²) in [6.45, 7) is 35.2. The standard InChI is InChI=1S/C39H56.H3IP/c1-22(2)29-15-32(38-34(25(7)8)18-30(23(3)4)19-35(38)26(9)10)17-33(16-29)39-36(27(11)12)20-31(24(5)6)21-37(39)28(13)14;1-2/h15-28H,1-14H3;1H,2H2/q;-1/i;1T. The second-order valence-electron chi connectivity index (χ2n) is 14.1. The van der Waals surface area contributed by atoms with Crippen LogP contribution < -0.4 is 21.8 Å². The van der Waals surface area contributed by atoms with Crippen LogP contribution in [-0.2, 0) is 0 Å². The Bertz CT molecular complexity index is 1160. The Morgan fingerprint density at radius 1 is 0.415 bits per heavy atom. The zero-order chi connectivity index (χ0) is 32.0. The van der Waals surface area contributed by atoms with E-state index in [1.54, 1.807) is 0 Å². The van der Waals surface area contributed by atoms with Gasteiger partial charge in [-0.1, -0.05) is 133 Å². The summed E-state index contributed by atoms with van der Waals surface area (Å²) >= 11 is -0.243. The topological polar surface area (TPSA) is 0 Å². The van der Waals surface area contributed by atoms with Gasteiger partial charge in [0.05, 0.1) is 0 Å². The zero-order valence-corrected chi connectivity index (χ0v) is 31.9. The van der Waals surface area contributed by atoms with Crippen LogP contribution in [-0.4, -0.2) is 0.594 Å². The third-order valence-electron chi connectivity index (χ3n) is 8.46. The molecule has 1 atom stereocenters. The molecule has 0 aliphatic heterocycles. The molecule has 3 aromatic carbocycles. The van der Waals surface area contributed by atoms with Crippen molar-refractivity contribution in [3.8, 4) is 22.3 Å². The van der Waals surface area contributed by atoms with E-state index in [0.29, 0.717) is 41.4 Å². The van der Waals surface area contributed by atoms with Crippen molar-refractivity contribution in [2.75, 3.05) is 0 Å². The molecule has 1 unspecified atom stereocenters. The van der Waals surface area contributed by atoms with E-state index in [4.69, 9.17) is 0.594 Å². The molecular weight excluding hydrogens is 626 g/mol. The molecule has 0 amide bonds. The van der Waals surface area contributed by atoms with Crippen LogP contribution in [0.5, 0.6) is 0 Å². The van der Waals surface area contributed by atoms with Crippen LogP contribution in [0.15, 0.2) is 42.5 Å². The van der Waals surface area contributed by atoms with Gasteiger partial charge < -0.3 is 0 Å². The third kappa shape index (κ3) is 8.47. The van der Waals surface area contributed by atoms with Crippen molar-refractivity contribution in [3.05, 3.63) is 81.4 Å². The minimum absolute atomic E-state index is 0.243. The van der Waals surface area contributed by atoms with E-state index in [0.717, 1.165) is 0 Å². The van der Waals surface area contributed by atoms with Crippen LogP contribution in [0.3, 0.4) is 0 Å². The van der Waals surface area contributed by atoms with Gasteiger partial charge in [-0.2, -0.15) is 0 Å². The fourth-order valence-electron chi connectivity index (χ4n) is 5.85. The molecule has 0 aliphatic carbocycles. The molecule has 0 fully saturated rings. The van der Waals surface area contributed by atoms with Gasteiger partial charge in [0, 0.05) is 0 Å². The van der Waals surface area contributed by atoms with Crippen LogP contribution in [0, 0.1) is 0 Å². The number of hydrogen-bond donors (Lipinski definition) is 0. The van der Waals surface area contributed by atoms with Gasteiger partial charge in [0.15, 0.2) is 0 Å². The molecule has 41 heavy (non-hydrogen) atoms. The van der Waals surface area contributed by atoms with Crippen LogP contribution in [0.1, 0.15) is 177 Å². The molecule has 0 radical (unpaired) electrons. The van der Waals surface area contributed by atoms with Crippen molar-refractivity contribution < 1.29 is 21.8 Å². The first-order valence-corrected chi connectivity index (χ1v) is 20.0. The Morgan fingerprint density at radius 2 is 0.634 bits per heavy atom. The van der Waals surface area contributed by atoms with E-state index in [1.807, 2.05) is 0 Å². The van der Waals surface area contributed by atoms with Crippen molar-refractivity contribution in [2.24, 2.45) is 0 Å². The Balaban J connectivity index is 0.00000197. The molecule has 0 saturated heterocycles. The van der Waals surface area contributed by atoms with Crippen LogP contribution in [0.4, 0.5) is 0 Å². The van der Waals surface area contributed by atoms with Crippen molar-refractivity contribution >= 4 is 6.88 Å². The summed E-state index contributed by atoms with van der Waals surface area (Å²) in [7, 11) is 0. The molecular formula is C39H59IP-. The Morgan fingerprint density at radius 3 is 0.829 bits per heavy atom. The van der Waals surface area contributed by atoms with Gasteiger partial charge in [-0.05, 0) is 109 Å². The average molecular weight is 688 g/mol. The molecule has 228 valence electrons. The Kier molecular flexibility index (Phi) is 13.0. The normalized spacial score (nSPS) is 12.4. The van der Waals surface area contributed by atoms with Crippen molar-refractivity contribution in [3.63, 3.8) is 0 Å². The molecule has 0 aliphatic rings. The summed E-state index contributed by atoms with van der Waals surface area (Å²) in [5.74, 6) is 3.36. The Hall–Kier alpha value is -1.18. The van der Waals surface area contributed by atoms with Gasteiger partial charge in [0.25, 0.3) is 0 Å². The quantitative estimate of drug-likeness (QED) is 0.155. The maximum atomic E-state index is 6.28. The zero-order valence-electron chi connectivity index (χ0n) is 29.5. The van der Waals surface area contributed by atoms with E-state index >= 15 is 0 Å². The van der Waals surface area contributed by atoms with E-state index < -0.39 is 0 Å². The Labute approximate surface area is 270 Å². The van der Waals surface area contributed by atoms with E-state index in [2.05, 4.69) is 146 Å². The minimum atomic E-state index is -0.243. The molecule has 0 N–H and O–H groups in total. The summed E-state index contributed by atoms with van der Waals surface area (Å²) in [6.07, 6.45) is 0. The van der Waals surface area contributed by atoms with Crippen molar-refractivity contribution in [1.82, 2.24) is 0 Å². The summed E-state index contributed by atoms with van der Waals surface area (Å²) in [4.78, 5) is 0. The van der Waals surface area contributed by atoms with Gasteiger partial charge in [-0.15, -0.1) is 0 Å². The maximum absolute atomic E-state index is 6.28. The van der Waals surface area contributed by atoms with Gasteiger partial charge in [0.2, 0.25) is 0 Å².